The van der Waals surface area contributed by atoms with Gasteiger partial charge < -0.3 is 10.4 Å². The third kappa shape index (κ3) is 3.64. The first-order chi connectivity index (χ1) is 10.4. The summed E-state index contributed by atoms with van der Waals surface area (Å²) in [4.78, 5) is 23.4. The lowest BCUT2D eigenvalue weighted by atomic mass is 9.78. The summed E-state index contributed by atoms with van der Waals surface area (Å²) >= 11 is 0. The van der Waals surface area contributed by atoms with Crippen LogP contribution < -0.4 is 5.32 Å². The molecule has 2 N–H and O–H groups in total. The van der Waals surface area contributed by atoms with Gasteiger partial charge in [-0.1, -0.05) is 31.9 Å². The topological polar surface area (TPSA) is 66.4 Å². The van der Waals surface area contributed by atoms with Gasteiger partial charge >= 0.3 is 5.97 Å². The number of aliphatic carboxylic acids is 1. The molecule has 1 amide bonds. The number of halogens is 1. The molecule has 0 radical (unpaired) electrons. The van der Waals surface area contributed by atoms with Gasteiger partial charge in [0.2, 0.25) is 5.91 Å². The number of carbonyl (C=O) groups excluding carboxylic acids is 1. The van der Waals surface area contributed by atoms with Crippen molar-refractivity contribution in [1.29, 1.82) is 0 Å². The Balaban J connectivity index is 2.09. The van der Waals surface area contributed by atoms with E-state index in [1.165, 1.54) is 12.1 Å². The van der Waals surface area contributed by atoms with Gasteiger partial charge in [0.05, 0.1) is 5.41 Å². The highest BCUT2D eigenvalue weighted by Gasteiger charge is 2.42. The molecule has 1 unspecified atom stereocenters. The van der Waals surface area contributed by atoms with E-state index in [0.29, 0.717) is 6.54 Å². The predicted octanol–water partition coefficient (Wildman–Crippen LogP) is 2.86. The number of carbonyl (C=O) groups is 2. The van der Waals surface area contributed by atoms with E-state index in [1.807, 2.05) is 0 Å². The molecule has 4 nitrogen and oxygen atoms in total. The highest BCUT2D eigenvalue weighted by atomic mass is 19.1. The lowest BCUT2D eigenvalue weighted by Gasteiger charge is -2.29. The number of carboxylic acids is 1. The third-order valence-corrected chi connectivity index (χ3v) is 4.42. The van der Waals surface area contributed by atoms with Crippen LogP contribution >= 0.6 is 0 Å². The number of carboxylic acid groups (broad SMARTS) is 1. The molecule has 1 saturated carbocycles. The molecule has 1 aromatic carbocycles. The largest absolute Gasteiger partial charge is 0.481 e. The first kappa shape index (κ1) is 16.5. The first-order valence-corrected chi connectivity index (χ1v) is 7.70. The summed E-state index contributed by atoms with van der Waals surface area (Å²) in [5.74, 6) is -1.37. The molecule has 0 aliphatic heterocycles. The molecule has 22 heavy (non-hydrogen) atoms. The summed E-state index contributed by atoms with van der Waals surface area (Å²) < 4.78 is 13.1. The van der Waals surface area contributed by atoms with Crippen LogP contribution in [0.4, 0.5) is 4.39 Å². The van der Waals surface area contributed by atoms with Crippen molar-refractivity contribution in [2.24, 2.45) is 5.92 Å². The van der Waals surface area contributed by atoms with Crippen LogP contribution in [0, 0.1) is 11.7 Å². The third-order valence-electron chi connectivity index (χ3n) is 4.42. The first-order valence-electron chi connectivity index (χ1n) is 7.70. The van der Waals surface area contributed by atoms with Crippen LogP contribution in [-0.2, 0) is 15.0 Å². The number of hydrogen-bond acceptors (Lipinski definition) is 2. The van der Waals surface area contributed by atoms with Gasteiger partial charge in [0.1, 0.15) is 5.82 Å². The Morgan fingerprint density at radius 2 is 1.86 bits per heavy atom. The average molecular weight is 307 g/mol. The standard InChI is InChI=1S/C17H22FNO3/c1-12(10-15(20)21)11-19-16(22)17(8-2-3-9-17)13-4-6-14(18)7-5-13/h4-7,12H,2-3,8-11H2,1H3,(H,19,22)(H,20,21). The van der Waals surface area contributed by atoms with E-state index in [9.17, 15) is 14.0 Å². The van der Waals surface area contributed by atoms with Crippen LogP contribution in [0.25, 0.3) is 0 Å². The van der Waals surface area contributed by atoms with Gasteiger partial charge in [0, 0.05) is 13.0 Å². The van der Waals surface area contributed by atoms with Crippen molar-refractivity contribution < 1.29 is 19.1 Å². The van der Waals surface area contributed by atoms with E-state index in [1.54, 1.807) is 19.1 Å². The zero-order chi connectivity index (χ0) is 16.2. The van der Waals surface area contributed by atoms with Gasteiger partial charge in [-0.15, -0.1) is 0 Å². The van der Waals surface area contributed by atoms with Crippen LogP contribution in [0.2, 0.25) is 0 Å². The molecular weight excluding hydrogens is 285 g/mol. The van der Waals surface area contributed by atoms with Crippen molar-refractivity contribution in [3.8, 4) is 0 Å². The molecule has 1 fully saturated rings. The number of benzene rings is 1. The van der Waals surface area contributed by atoms with E-state index >= 15 is 0 Å². The Kier molecular flexibility index (Phi) is 5.16. The van der Waals surface area contributed by atoms with Gasteiger partial charge in [-0.05, 0) is 36.5 Å². The van der Waals surface area contributed by atoms with Crippen LogP contribution in [0.1, 0.15) is 44.6 Å². The maximum absolute atomic E-state index is 13.1. The minimum atomic E-state index is -0.865. The van der Waals surface area contributed by atoms with E-state index in [-0.39, 0.29) is 24.1 Å². The lowest BCUT2D eigenvalue weighted by Crippen LogP contribution is -2.44. The summed E-state index contributed by atoms with van der Waals surface area (Å²) in [6, 6.07) is 6.13. The van der Waals surface area contributed by atoms with Crippen molar-refractivity contribution in [3.05, 3.63) is 35.6 Å². The molecule has 1 atom stereocenters. The number of nitrogens with one attached hydrogen (secondary N) is 1. The van der Waals surface area contributed by atoms with Gasteiger partial charge in [-0.2, -0.15) is 0 Å². The van der Waals surface area contributed by atoms with E-state index in [2.05, 4.69) is 5.32 Å². The summed E-state index contributed by atoms with van der Waals surface area (Å²) in [6.07, 6.45) is 3.46. The Morgan fingerprint density at radius 3 is 2.41 bits per heavy atom. The zero-order valence-corrected chi connectivity index (χ0v) is 12.8. The van der Waals surface area contributed by atoms with Crippen molar-refractivity contribution in [1.82, 2.24) is 5.32 Å². The molecule has 1 aliphatic rings. The highest BCUT2D eigenvalue weighted by Crippen LogP contribution is 2.41. The number of hydrogen-bond donors (Lipinski definition) is 2. The summed E-state index contributed by atoms with van der Waals surface area (Å²) in [5, 5.41) is 11.7. The molecule has 2 rings (SSSR count). The van der Waals surface area contributed by atoms with Crippen molar-refractivity contribution in [3.63, 3.8) is 0 Å². The van der Waals surface area contributed by atoms with Crippen LogP contribution in [-0.4, -0.2) is 23.5 Å². The number of rotatable bonds is 6. The van der Waals surface area contributed by atoms with E-state index < -0.39 is 11.4 Å². The van der Waals surface area contributed by atoms with Crippen LogP contribution in [0.5, 0.6) is 0 Å². The normalized spacial score (nSPS) is 17.9. The molecule has 0 saturated heterocycles. The van der Waals surface area contributed by atoms with Crippen LogP contribution in [0.3, 0.4) is 0 Å². The molecule has 0 heterocycles. The second-order valence-electron chi connectivity index (χ2n) is 6.21. The molecular formula is C17H22FNO3. The molecule has 0 aromatic heterocycles. The van der Waals surface area contributed by atoms with Gasteiger partial charge in [-0.25, -0.2) is 4.39 Å². The maximum atomic E-state index is 13.1. The van der Waals surface area contributed by atoms with Gasteiger partial charge in [0.15, 0.2) is 0 Å². The highest BCUT2D eigenvalue weighted by molar-refractivity contribution is 5.88. The second-order valence-corrected chi connectivity index (χ2v) is 6.21. The molecule has 1 aromatic rings. The second kappa shape index (κ2) is 6.90. The molecule has 0 bridgehead atoms. The lowest BCUT2D eigenvalue weighted by molar-refractivity contribution is -0.138. The minimum Gasteiger partial charge on any atom is -0.481 e. The fourth-order valence-electron chi connectivity index (χ4n) is 3.20. The molecule has 1 aliphatic carbocycles. The Hall–Kier alpha value is -1.91. The fourth-order valence-corrected chi connectivity index (χ4v) is 3.20. The zero-order valence-electron chi connectivity index (χ0n) is 12.8. The smallest absolute Gasteiger partial charge is 0.303 e. The molecule has 120 valence electrons. The molecule has 0 spiro atoms. The maximum Gasteiger partial charge on any atom is 0.303 e. The minimum absolute atomic E-state index is 0.0316. The van der Waals surface area contributed by atoms with Gasteiger partial charge in [-0.3, -0.25) is 9.59 Å². The summed E-state index contributed by atoms with van der Waals surface area (Å²) in [7, 11) is 0. The summed E-state index contributed by atoms with van der Waals surface area (Å²) in [5.41, 5.74) is 0.242. The Morgan fingerprint density at radius 1 is 1.27 bits per heavy atom. The predicted molar refractivity (Wildman–Crippen MR) is 81.0 cm³/mol. The van der Waals surface area contributed by atoms with E-state index in [4.69, 9.17) is 5.11 Å². The SMILES string of the molecule is CC(CNC(=O)C1(c2ccc(F)cc2)CCCC1)CC(=O)O. The van der Waals surface area contributed by atoms with Crippen LogP contribution in [0.15, 0.2) is 24.3 Å². The van der Waals surface area contributed by atoms with Gasteiger partial charge in [0.25, 0.3) is 0 Å². The quantitative estimate of drug-likeness (QED) is 0.849. The van der Waals surface area contributed by atoms with E-state index in [0.717, 1.165) is 31.2 Å². The Bertz CT molecular complexity index is 535. The average Bonchev–Trinajstić information content (AvgIpc) is 2.95. The number of amides is 1. The fraction of sp³-hybridized carbons (Fsp3) is 0.529. The summed E-state index contributed by atoms with van der Waals surface area (Å²) in [6.45, 7) is 2.14. The Labute approximate surface area is 129 Å². The molecule has 5 heteroatoms. The van der Waals surface area contributed by atoms with Crippen molar-refractivity contribution in [2.75, 3.05) is 6.54 Å². The monoisotopic (exact) mass is 307 g/mol. The van der Waals surface area contributed by atoms with Crippen molar-refractivity contribution >= 4 is 11.9 Å². The van der Waals surface area contributed by atoms with Crippen molar-refractivity contribution in [2.45, 2.75) is 44.4 Å².